The molecule has 0 bridgehead atoms. The van der Waals surface area contributed by atoms with Gasteiger partial charge in [-0.1, -0.05) is 72.8 Å². The van der Waals surface area contributed by atoms with Crippen LogP contribution in [0.25, 0.3) is 27.8 Å². The number of rotatable bonds is 4. The fraction of sp³-hybridized carbons (Fsp3) is 0. The lowest BCUT2D eigenvalue weighted by Gasteiger charge is -2.09. The molecule has 0 spiro atoms. The van der Waals surface area contributed by atoms with Gasteiger partial charge in [0, 0.05) is 11.3 Å². The quantitative estimate of drug-likeness (QED) is 0.399. The smallest absolute Gasteiger partial charge is 0.103 e. The third-order valence-electron chi connectivity index (χ3n) is 4.81. The van der Waals surface area contributed by atoms with Gasteiger partial charge >= 0.3 is 0 Å². The van der Waals surface area contributed by atoms with Crippen LogP contribution in [0, 0.1) is 0 Å². The van der Waals surface area contributed by atoms with Crippen molar-refractivity contribution >= 4 is 22.3 Å². The normalized spacial score (nSPS) is 10.9. The molecule has 0 aliphatic heterocycles. The van der Waals surface area contributed by atoms with Crippen molar-refractivity contribution in [1.82, 2.24) is 9.78 Å². The number of nitrogens with one attached hydrogen (secondary N) is 1. The topological polar surface area (TPSA) is 29.9 Å². The predicted octanol–water partition coefficient (Wildman–Crippen LogP) is 6.44. The van der Waals surface area contributed by atoms with Crippen molar-refractivity contribution in [2.45, 2.75) is 0 Å². The van der Waals surface area contributed by atoms with Crippen molar-refractivity contribution in [3.63, 3.8) is 0 Å². The highest BCUT2D eigenvalue weighted by Crippen LogP contribution is 2.36. The van der Waals surface area contributed by atoms with Crippen molar-refractivity contribution in [1.29, 1.82) is 0 Å². The second-order valence-corrected chi connectivity index (χ2v) is 6.65. The summed E-state index contributed by atoms with van der Waals surface area (Å²) in [4.78, 5) is 0. The number of hydrogen-bond acceptors (Lipinski definition) is 2. The Bertz CT molecular complexity index is 1210. The minimum atomic E-state index is 0.971. The molecule has 0 fully saturated rings. The molecule has 0 amide bonds. The Balaban J connectivity index is 1.77. The highest BCUT2D eigenvalue weighted by molar-refractivity contribution is 6.04. The molecule has 28 heavy (non-hydrogen) atoms. The van der Waals surface area contributed by atoms with Gasteiger partial charge in [0.2, 0.25) is 0 Å². The summed E-state index contributed by atoms with van der Waals surface area (Å²) >= 11 is 0. The number of para-hydroxylation sites is 2. The molecular weight excluding hydrogens is 342 g/mol. The first-order valence-corrected chi connectivity index (χ1v) is 9.35. The molecule has 3 heteroatoms. The van der Waals surface area contributed by atoms with Gasteiger partial charge in [-0.25, -0.2) is 4.68 Å². The van der Waals surface area contributed by atoms with E-state index in [1.165, 1.54) is 0 Å². The first kappa shape index (κ1) is 16.3. The van der Waals surface area contributed by atoms with Crippen LogP contribution in [-0.2, 0) is 0 Å². The monoisotopic (exact) mass is 361 g/mol. The van der Waals surface area contributed by atoms with E-state index in [0.29, 0.717) is 0 Å². The molecule has 0 aliphatic carbocycles. The number of aromatic nitrogens is 2. The molecule has 0 atom stereocenters. The summed E-state index contributed by atoms with van der Waals surface area (Å²) in [6, 6.07) is 37.2. The summed E-state index contributed by atoms with van der Waals surface area (Å²) in [5.41, 5.74) is 6.30. The molecule has 1 N–H and O–H groups in total. The molecule has 1 aromatic heterocycles. The zero-order valence-corrected chi connectivity index (χ0v) is 15.3. The number of fused-ring (bicyclic) bond motifs is 1. The van der Waals surface area contributed by atoms with E-state index >= 15 is 0 Å². The molecule has 0 unspecified atom stereocenters. The standard InChI is InChI=1S/C25H19N3/c1-4-11-19(12-5-1)25-24-22(26-20-13-6-2-7-14-20)17-10-18-23(24)28(27-25)21-15-8-3-9-16-21/h1-18,26H. The molecule has 5 rings (SSSR count). The van der Waals surface area contributed by atoms with E-state index in [1.54, 1.807) is 0 Å². The van der Waals surface area contributed by atoms with Crippen molar-refractivity contribution < 1.29 is 0 Å². The van der Waals surface area contributed by atoms with E-state index < -0.39 is 0 Å². The van der Waals surface area contributed by atoms with Gasteiger partial charge in [0.05, 0.1) is 22.3 Å². The minimum Gasteiger partial charge on any atom is -0.355 e. The van der Waals surface area contributed by atoms with Crippen LogP contribution in [0.3, 0.4) is 0 Å². The third-order valence-corrected chi connectivity index (χ3v) is 4.81. The number of hydrogen-bond donors (Lipinski definition) is 1. The molecule has 0 saturated carbocycles. The molecule has 0 radical (unpaired) electrons. The summed E-state index contributed by atoms with van der Waals surface area (Å²) in [7, 11) is 0. The Labute approximate surface area is 163 Å². The fourth-order valence-corrected chi connectivity index (χ4v) is 3.51. The van der Waals surface area contributed by atoms with Crippen LogP contribution in [0.15, 0.2) is 109 Å². The van der Waals surface area contributed by atoms with E-state index in [-0.39, 0.29) is 0 Å². The number of nitrogens with zero attached hydrogens (tertiary/aromatic N) is 2. The van der Waals surface area contributed by atoms with Crippen LogP contribution >= 0.6 is 0 Å². The number of benzene rings is 4. The van der Waals surface area contributed by atoms with E-state index in [1.807, 2.05) is 47.1 Å². The average Bonchev–Trinajstić information content (AvgIpc) is 3.17. The molecule has 1 heterocycles. The molecule has 5 aromatic rings. The molecular formula is C25H19N3. The van der Waals surface area contributed by atoms with Crippen LogP contribution in [0.4, 0.5) is 11.4 Å². The Kier molecular flexibility index (Phi) is 4.11. The minimum absolute atomic E-state index is 0.971. The lowest BCUT2D eigenvalue weighted by Crippen LogP contribution is -1.96. The Morgan fingerprint density at radius 1 is 0.607 bits per heavy atom. The fourth-order valence-electron chi connectivity index (χ4n) is 3.51. The van der Waals surface area contributed by atoms with Crippen LogP contribution in [0.1, 0.15) is 0 Å². The maximum absolute atomic E-state index is 5.01. The third kappa shape index (κ3) is 2.93. The molecule has 0 saturated heterocycles. The molecule has 4 aromatic carbocycles. The molecule has 134 valence electrons. The Morgan fingerprint density at radius 3 is 1.96 bits per heavy atom. The van der Waals surface area contributed by atoms with Crippen LogP contribution in [-0.4, -0.2) is 9.78 Å². The highest BCUT2D eigenvalue weighted by atomic mass is 15.3. The summed E-state index contributed by atoms with van der Waals surface area (Å²) < 4.78 is 2.02. The van der Waals surface area contributed by atoms with Crippen LogP contribution < -0.4 is 5.32 Å². The van der Waals surface area contributed by atoms with E-state index in [2.05, 4.69) is 72.0 Å². The summed E-state index contributed by atoms with van der Waals surface area (Å²) in [6.45, 7) is 0. The second-order valence-electron chi connectivity index (χ2n) is 6.65. The molecule has 0 aliphatic rings. The maximum atomic E-state index is 5.01. The van der Waals surface area contributed by atoms with Gasteiger partial charge in [-0.3, -0.25) is 0 Å². The van der Waals surface area contributed by atoms with Gasteiger partial charge in [0.15, 0.2) is 0 Å². The summed E-state index contributed by atoms with van der Waals surface area (Å²) in [6.07, 6.45) is 0. The maximum Gasteiger partial charge on any atom is 0.103 e. The van der Waals surface area contributed by atoms with Crippen molar-refractivity contribution in [3.05, 3.63) is 109 Å². The van der Waals surface area contributed by atoms with Crippen LogP contribution in [0.2, 0.25) is 0 Å². The van der Waals surface area contributed by atoms with Crippen molar-refractivity contribution in [2.24, 2.45) is 0 Å². The number of anilines is 2. The van der Waals surface area contributed by atoms with Gasteiger partial charge in [-0.2, -0.15) is 5.10 Å². The zero-order valence-electron chi connectivity index (χ0n) is 15.3. The van der Waals surface area contributed by atoms with Gasteiger partial charge in [-0.15, -0.1) is 0 Å². The second kappa shape index (κ2) is 7.05. The summed E-state index contributed by atoms with van der Waals surface area (Å²) in [5, 5.41) is 9.69. The molecule has 3 nitrogen and oxygen atoms in total. The average molecular weight is 361 g/mol. The first-order chi connectivity index (χ1) is 13.9. The Hall–Kier alpha value is -3.85. The SMILES string of the molecule is c1ccc(Nc2cccc3c2c(-c2ccccc2)nn3-c2ccccc2)cc1. The summed E-state index contributed by atoms with van der Waals surface area (Å²) in [5.74, 6) is 0. The van der Waals surface area contributed by atoms with Gasteiger partial charge in [0.1, 0.15) is 5.69 Å². The predicted molar refractivity (Wildman–Crippen MR) is 116 cm³/mol. The van der Waals surface area contributed by atoms with Crippen molar-refractivity contribution in [3.8, 4) is 16.9 Å². The van der Waals surface area contributed by atoms with Gasteiger partial charge < -0.3 is 5.32 Å². The largest absolute Gasteiger partial charge is 0.355 e. The van der Waals surface area contributed by atoms with E-state index in [4.69, 9.17) is 5.10 Å². The van der Waals surface area contributed by atoms with E-state index in [0.717, 1.165) is 39.2 Å². The zero-order chi connectivity index (χ0) is 18.8. The van der Waals surface area contributed by atoms with E-state index in [9.17, 15) is 0 Å². The highest BCUT2D eigenvalue weighted by Gasteiger charge is 2.16. The van der Waals surface area contributed by atoms with Crippen LogP contribution in [0.5, 0.6) is 0 Å². The van der Waals surface area contributed by atoms with Crippen molar-refractivity contribution in [2.75, 3.05) is 5.32 Å². The lowest BCUT2D eigenvalue weighted by molar-refractivity contribution is 0.915. The lowest BCUT2D eigenvalue weighted by atomic mass is 10.1. The Morgan fingerprint density at radius 2 is 1.25 bits per heavy atom. The van der Waals surface area contributed by atoms with Gasteiger partial charge in [-0.05, 0) is 36.4 Å². The van der Waals surface area contributed by atoms with Gasteiger partial charge in [0.25, 0.3) is 0 Å². The first-order valence-electron chi connectivity index (χ1n) is 9.35.